The number of benzene rings is 1. The molecule has 0 aliphatic carbocycles. The minimum atomic E-state index is -1.36. The van der Waals surface area contributed by atoms with E-state index in [1.54, 1.807) is 32.9 Å². The number of aromatic hydroxyl groups is 1. The molecule has 4 amide bonds. The van der Waals surface area contributed by atoms with Crippen molar-refractivity contribution in [2.75, 3.05) is 0 Å². The molecule has 0 heterocycles. The van der Waals surface area contributed by atoms with E-state index in [0.717, 1.165) is 5.56 Å². The van der Waals surface area contributed by atoms with E-state index in [9.17, 15) is 34.2 Å². The second-order valence-corrected chi connectivity index (χ2v) is 9.48. The molecule has 0 bridgehead atoms. The highest BCUT2D eigenvalue weighted by molar-refractivity contribution is 5.94. The normalized spacial score (nSPS) is 15.1. The van der Waals surface area contributed by atoms with Gasteiger partial charge in [0.1, 0.15) is 23.9 Å². The molecule has 0 aromatic heterocycles. The first-order chi connectivity index (χ1) is 17.3. The van der Waals surface area contributed by atoms with Crippen molar-refractivity contribution in [2.24, 2.45) is 23.3 Å². The van der Waals surface area contributed by atoms with E-state index in [4.69, 9.17) is 11.5 Å². The van der Waals surface area contributed by atoms with Crippen molar-refractivity contribution in [3.63, 3.8) is 0 Å². The number of rotatable bonds is 15. The second-order valence-electron chi connectivity index (χ2n) is 9.48. The van der Waals surface area contributed by atoms with Crippen molar-refractivity contribution >= 4 is 29.6 Å². The van der Waals surface area contributed by atoms with Crippen LogP contribution in [0.2, 0.25) is 0 Å². The summed E-state index contributed by atoms with van der Waals surface area (Å²) in [6.07, 6.45) is 0.247. The Balaban J connectivity index is 2.94. The van der Waals surface area contributed by atoms with Gasteiger partial charge in [0.25, 0.3) is 0 Å². The summed E-state index contributed by atoms with van der Waals surface area (Å²) in [5, 5.41) is 26.4. The van der Waals surface area contributed by atoms with Crippen LogP contribution < -0.4 is 27.4 Å². The highest BCUT2D eigenvalue weighted by Crippen LogP contribution is 2.13. The zero-order chi connectivity index (χ0) is 28.3. The molecule has 0 fully saturated rings. The zero-order valence-corrected chi connectivity index (χ0v) is 21.7. The van der Waals surface area contributed by atoms with E-state index in [-0.39, 0.29) is 36.8 Å². The van der Waals surface area contributed by atoms with Crippen LogP contribution in [-0.2, 0) is 30.4 Å². The molecule has 0 saturated heterocycles. The second kappa shape index (κ2) is 14.8. The first kappa shape index (κ1) is 31.4. The zero-order valence-electron chi connectivity index (χ0n) is 21.7. The average molecular weight is 522 g/mol. The highest BCUT2D eigenvalue weighted by Gasteiger charge is 2.33. The number of carbonyl (C=O) groups is 5. The van der Waals surface area contributed by atoms with E-state index in [1.165, 1.54) is 12.1 Å². The van der Waals surface area contributed by atoms with Crippen LogP contribution in [0.4, 0.5) is 0 Å². The fourth-order valence-corrected chi connectivity index (χ4v) is 3.52. The predicted octanol–water partition coefficient (Wildman–Crippen LogP) is -0.231. The van der Waals surface area contributed by atoms with Gasteiger partial charge in [0.05, 0.1) is 6.04 Å². The van der Waals surface area contributed by atoms with Gasteiger partial charge in [-0.15, -0.1) is 0 Å². The first-order valence-electron chi connectivity index (χ1n) is 12.2. The summed E-state index contributed by atoms with van der Waals surface area (Å²) in [6, 6.07) is 1.81. The lowest BCUT2D eigenvalue weighted by molar-refractivity contribution is -0.143. The molecule has 12 heteroatoms. The van der Waals surface area contributed by atoms with Gasteiger partial charge < -0.3 is 37.6 Å². The minimum Gasteiger partial charge on any atom is -0.508 e. The number of phenolic OH excluding ortho intramolecular Hbond substituents is 1. The van der Waals surface area contributed by atoms with Gasteiger partial charge in [-0.05, 0) is 42.4 Å². The Morgan fingerprint density at radius 3 is 1.92 bits per heavy atom. The number of carboxylic acid groups (broad SMARTS) is 1. The Kier molecular flexibility index (Phi) is 12.5. The Bertz CT molecular complexity index is 951. The van der Waals surface area contributed by atoms with E-state index >= 15 is 0 Å². The topological polar surface area (TPSA) is 214 Å². The van der Waals surface area contributed by atoms with Crippen LogP contribution in [0.15, 0.2) is 24.3 Å². The van der Waals surface area contributed by atoms with E-state index in [1.807, 2.05) is 6.92 Å². The Hall–Kier alpha value is -3.67. The molecular formula is C25H39N5O7. The number of hydrogen-bond donors (Lipinski definition) is 7. The highest BCUT2D eigenvalue weighted by atomic mass is 16.4. The lowest BCUT2D eigenvalue weighted by atomic mass is 9.95. The Morgan fingerprint density at radius 1 is 0.892 bits per heavy atom. The molecule has 1 aromatic carbocycles. The molecule has 0 radical (unpaired) electrons. The van der Waals surface area contributed by atoms with Crippen LogP contribution in [0.5, 0.6) is 5.75 Å². The van der Waals surface area contributed by atoms with Gasteiger partial charge in [-0.1, -0.05) is 46.2 Å². The van der Waals surface area contributed by atoms with Gasteiger partial charge in [0.2, 0.25) is 23.6 Å². The van der Waals surface area contributed by atoms with Crippen LogP contribution >= 0.6 is 0 Å². The van der Waals surface area contributed by atoms with Crippen molar-refractivity contribution in [2.45, 2.75) is 77.5 Å². The van der Waals surface area contributed by atoms with Crippen LogP contribution in [0.25, 0.3) is 0 Å². The molecule has 5 atom stereocenters. The summed E-state index contributed by atoms with van der Waals surface area (Å²) in [5.41, 5.74) is 11.8. The lowest BCUT2D eigenvalue weighted by Crippen LogP contribution is -2.60. The summed E-state index contributed by atoms with van der Waals surface area (Å²) < 4.78 is 0. The Morgan fingerprint density at radius 2 is 1.43 bits per heavy atom. The van der Waals surface area contributed by atoms with E-state index in [2.05, 4.69) is 16.0 Å². The number of carbonyl (C=O) groups excluding carboxylic acids is 4. The average Bonchev–Trinajstić information content (AvgIpc) is 2.83. The van der Waals surface area contributed by atoms with Gasteiger partial charge in [0, 0.05) is 6.42 Å². The quantitative estimate of drug-likeness (QED) is 0.163. The van der Waals surface area contributed by atoms with Crippen LogP contribution in [0, 0.1) is 11.8 Å². The third-order valence-corrected chi connectivity index (χ3v) is 6.06. The van der Waals surface area contributed by atoms with Crippen molar-refractivity contribution in [3.8, 4) is 5.75 Å². The molecule has 9 N–H and O–H groups in total. The lowest BCUT2D eigenvalue weighted by Gasteiger charge is -2.29. The summed E-state index contributed by atoms with van der Waals surface area (Å²) >= 11 is 0. The fraction of sp³-hybridized carbons (Fsp3) is 0.560. The van der Waals surface area contributed by atoms with Crippen molar-refractivity contribution in [1.29, 1.82) is 0 Å². The van der Waals surface area contributed by atoms with Crippen molar-refractivity contribution in [1.82, 2.24) is 16.0 Å². The predicted molar refractivity (Wildman–Crippen MR) is 136 cm³/mol. The number of nitrogens with one attached hydrogen (secondary N) is 3. The third-order valence-electron chi connectivity index (χ3n) is 6.06. The van der Waals surface area contributed by atoms with Gasteiger partial charge in [-0.2, -0.15) is 0 Å². The maximum absolute atomic E-state index is 13.2. The number of hydrogen-bond acceptors (Lipinski definition) is 7. The molecule has 0 saturated carbocycles. The van der Waals surface area contributed by atoms with Gasteiger partial charge in [-0.25, -0.2) is 4.79 Å². The number of aliphatic carboxylic acids is 1. The summed E-state index contributed by atoms with van der Waals surface area (Å²) in [4.78, 5) is 61.4. The van der Waals surface area contributed by atoms with Gasteiger partial charge in [0.15, 0.2) is 0 Å². The Labute approximate surface area is 216 Å². The van der Waals surface area contributed by atoms with Gasteiger partial charge in [-0.3, -0.25) is 19.2 Å². The maximum Gasteiger partial charge on any atom is 0.326 e. The summed E-state index contributed by atoms with van der Waals surface area (Å²) in [6.45, 7) is 6.97. The molecule has 1 aromatic rings. The number of nitrogens with two attached hydrogens (primary N) is 2. The molecule has 5 unspecified atom stereocenters. The molecule has 0 aliphatic heterocycles. The van der Waals surface area contributed by atoms with Gasteiger partial charge >= 0.3 is 5.97 Å². The summed E-state index contributed by atoms with van der Waals surface area (Å²) in [5.74, 6) is -4.58. The molecular weight excluding hydrogens is 482 g/mol. The van der Waals surface area contributed by atoms with Crippen LogP contribution in [0.3, 0.4) is 0 Å². The molecule has 0 spiro atoms. The molecule has 1 rings (SSSR count). The smallest absolute Gasteiger partial charge is 0.326 e. The number of amides is 4. The molecule has 0 aliphatic rings. The monoisotopic (exact) mass is 521 g/mol. The standard InChI is InChI=1S/C25H39N5O7/c1-5-14(4)21(24(35)28-18(25(36)37)10-11-19(27)32)30-23(34)20(13(2)3)29-22(33)17(26)12-15-6-8-16(31)9-7-15/h6-9,13-14,17-18,20-21,31H,5,10-12,26H2,1-4H3,(H2,27,32)(H,28,35)(H,29,33)(H,30,34)(H,36,37). The number of carboxylic acids is 1. The summed E-state index contributed by atoms with van der Waals surface area (Å²) in [7, 11) is 0. The first-order valence-corrected chi connectivity index (χ1v) is 12.2. The maximum atomic E-state index is 13.2. The minimum absolute atomic E-state index is 0.0840. The van der Waals surface area contributed by atoms with Crippen molar-refractivity contribution < 1.29 is 34.2 Å². The number of primary amides is 1. The molecule has 206 valence electrons. The van der Waals surface area contributed by atoms with E-state index in [0.29, 0.717) is 6.42 Å². The van der Waals surface area contributed by atoms with Crippen molar-refractivity contribution in [3.05, 3.63) is 29.8 Å². The molecule has 37 heavy (non-hydrogen) atoms. The largest absolute Gasteiger partial charge is 0.508 e. The van der Waals surface area contributed by atoms with Crippen LogP contribution in [0.1, 0.15) is 52.5 Å². The van der Waals surface area contributed by atoms with Crippen LogP contribution in [-0.4, -0.2) is 64.0 Å². The number of phenols is 1. The third kappa shape index (κ3) is 10.5. The molecule has 12 nitrogen and oxygen atoms in total. The SMILES string of the molecule is CCC(C)C(NC(=O)C(NC(=O)C(N)Cc1ccc(O)cc1)C(C)C)C(=O)NC(CCC(N)=O)C(=O)O. The van der Waals surface area contributed by atoms with E-state index < -0.39 is 53.8 Å². The fourth-order valence-electron chi connectivity index (χ4n) is 3.52.